The lowest BCUT2D eigenvalue weighted by molar-refractivity contribution is 0.317. The molecule has 4 nitrogen and oxygen atoms in total. The third-order valence-electron chi connectivity index (χ3n) is 2.68. The van der Waals surface area contributed by atoms with E-state index in [4.69, 9.17) is 14.7 Å². The Morgan fingerprint density at radius 2 is 1.71 bits per heavy atom. The minimum Gasteiger partial charge on any atom is -0.496 e. The second-order valence-corrected chi connectivity index (χ2v) is 3.84. The van der Waals surface area contributed by atoms with Crippen LogP contribution in [0.25, 0.3) is 0 Å². The molecule has 0 heterocycles. The molecule has 0 saturated carbocycles. The summed E-state index contributed by atoms with van der Waals surface area (Å²) in [6.07, 6.45) is 1.42. The van der Waals surface area contributed by atoms with Crippen LogP contribution in [0.3, 0.4) is 0 Å². The zero-order valence-corrected chi connectivity index (χ0v) is 10.8. The maximum absolute atomic E-state index is 8.70. The average molecular weight is 237 g/mol. The van der Waals surface area contributed by atoms with Gasteiger partial charge in [-0.2, -0.15) is 0 Å². The van der Waals surface area contributed by atoms with Gasteiger partial charge in [0.1, 0.15) is 11.5 Å². The first kappa shape index (κ1) is 13.4. The Labute approximate surface area is 102 Å². The summed E-state index contributed by atoms with van der Waals surface area (Å²) < 4.78 is 10.7. The fourth-order valence-corrected chi connectivity index (χ4v) is 1.75. The molecule has 94 valence electrons. The Hall–Kier alpha value is -1.71. The third-order valence-corrected chi connectivity index (χ3v) is 2.68. The van der Waals surface area contributed by atoms with Crippen molar-refractivity contribution in [1.29, 1.82) is 0 Å². The number of nitrogens with zero attached hydrogens (tertiary/aromatic N) is 1. The van der Waals surface area contributed by atoms with Crippen molar-refractivity contribution in [1.82, 2.24) is 0 Å². The van der Waals surface area contributed by atoms with Crippen LogP contribution in [0.2, 0.25) is 0 Å². The van der Waals surface area contributed by atoms with Gasteiger partial charge in [0.25, 0.3) is 0 Å². The van der Waals surface area contributed by atoms with Gasteiger partial charge in [-0.1, -0.05) is 12.1 Å². The van der Waals surface area contributed by atoms with Crippen LogP contribution in [-0.2, 0) is 12.8 Å². The number of benzene rings is 1. The van der Waals surface area contributed by atoms with E-state index in [1.54, 1.807) is 21.1 Å². The molecule has 1 N–H and O–H groups in total. The summed E-state index contributed by atoms with van der Waals surface area (Å²) in [6, 6.07) is 3.91. The SMILES string of the molecule is CCc1cc(OC)c(CC(C)=NO)cc1OC. The van der Waals surface area contributed by atoms with E-state index in [0.717, 1.165) is 29.0 Å². The van der Waals surface area contributed by atoms with Gasteiger partial charge in [-0.3, -0.25) is 0 Å². The molecule has 0 aliphatic carbocycles. The first-order valence-corrected chi connectivity index (χ1v) is 5.57. The van der Waals surface area contributed by atoms with Crippen LogP contribution in [0.4, 0.5) is 0 Å². The minimum absolute atomic E-state index is 0.542. The van der Waals surface area contributed by atoms with Crippen molar-refractivity contribution in [3.63, 3.8) is 0 Å². The standard InChI is InChI=1S/C13H19NO3/c1-5-10-7-13(17-4)11(6-9(2)14-15)8-12(10)16-3/h7-8,15H,5-6H2,1-4H3. The normalized spacial score (nSPS) is 11.4. The van der Waals surface area contributed by atoms with E-state index in [1.165, 1.54) is 0 Å². The highest BCUT2D eigenvalue weighted by molar-refractivity contribution is 5.84. The van der Waals surface area contributed by atoms with Crippen LogP contribution in [0.1, 0.15) is 25.0 Å². The molecule has 0 amide bonds. The van der Waals surface area contributed by atoms with Gasteiger partial charge >= 0.3 is 0 Å². The predicted octanol–water partition coefficient (Wildman–Crippen LogP) is 2.66. The van der Waals surface area contributed by atoms with Gasteiger partial charge in [0, 0.05) is 12.0 Å². The molecule has 17 heavy (non-hydrogen) atoms. The van der Waals surface area contributed by atoms with Gasteiger partial charge in [-0.15, -0.1) is 0 Å². The molecule has 0 aliphatic rings. The van der Waals surface area contributed by atoms with E-state index >= 15 is 0 Å². The summed E-state index contributed by atoms with van der Waals surface area (Å²) in [4.78, 5) is 0. The topological polar surface area (TPSA) is 51.0 Å². The summed E-state index contributed by atoms with van der Waals surface area (Å²) in [7, 11) is 3.29. The van der Waals surface area contributed by atoms with Crippen molar-refractivity contribution >= 4 is 5.71 Å². The van der Waals surface area contributed by atoms with Crippen LogP contribution in [-0.4, -0.2) is 25.1 Å². The van der Waals surface area contributed by atoms with Crippen molar-refractivity contribution in [2.24, 2.45) is 5.16 Å². The van der Waals surface area contributed by atoms with Gasteiger partial charge in [-0.05, 0) is 31.0 Å². The molecular weight excluding hydrogens is 218 g/mol. The quantitative estimate of drug-likeness (QED) is 0.486. The van der Waals surface area contributed by atoms with Crippen LogP contribution < -0.4 is 9.47 Å². The molecule has 0 spiro atoms. The Bertz CT molecular complexity index is 413. The monoisotopic (exact) mass is 237 g/mol. The number of hydrogen-bond acceptors (Lipinski definition) is 4. The molecule has 0 aromatic heterocycles. The lowest BCUT2D eigenvalue weighted by atomic mass is 10.0. The van der Waals surface area contributed by atoms with E-state index in [2.05, 4.69) is 12.1 Å². The number of aryl methyl sites for hydroxylation is 1. The highest BCUT2D eigenvalue weighted by atomic mass is 16.5. The summed E-state index contributed by atoms with van der Waals surface area (Å²) in [5, 5.41) is 11.9. The zero-order chi connectivity index (χ0) is 12.8. The first-order valence-electron chi connectivity index (χ1n) is 5.57. The number of rotatable bonds is 5. The predicted molar refractivity (Wildman–Crippen MR) is 67.5 cm³/mol. The molecular formula is C13H19NO3. The molecule has 0 radical (unpaired) electrons. The van der Waals surface area contributed by atoms with E-state index in [-0.39, 0.29) is 0 Å². The summed E-state index contributed by atoms with van der Waals surface area (Å²) in [5.41, 5.74) is 2.69. The maximum Gasteiger partial charge on any atom is 0.122 e. The Kier molecular flexibility index (Phi) is 4.82. The second-order valence-electron chi connectivity index (χ2n) is 3.84. The lowest BCUT2D eigenvalue weighted by Crippen LogP contribution is -2.02. The van der Waals surface area contributed by atoms with Gasteiger partial charge in [0.15, 0.2) is 0 Å². The molecule has 0 saturated heterocycles. The summed E-state index contributed by atoms with van der Waals surface area (Å²) >= 11 is 0. The minimum atomic E-state index is 0.542. The van der Waals surface area contributed by atoms with Crippen LogP contribution in [0, 0.1) is 0 Å². The van der Waals surface area contributed by atoms with Crippen molar-refractivity contribution in [2.75, 3.05) is 14.2 Å². The van der Waals surface area contributed by atoms with E-state index in [9.17, 15) is 0 Å². The molecule has 0 bridgehead atoms. The highest BCUT2D eigenvalue weighted by Crippen LogP contribution is 2.29. The maximum atomic E-state index is 8.70. The molecule has 1 aromatic carbocycles. The van der Waals surface area contributed by atoms with E-state index < -0.39 is 0 Å². The van der Waals surface area contributed by atoms with Crippen LogP contribution in [0.5, 0.6) is 11.5 Å². The molecule has 0 fully saturated rings. The van der Waals surface area contributed by atoms with Crippen molar-refractivity contribution in [3.05, 3.63) is 23.3 Å². The van der Waals surface area contributed by atoms with E-state index in [1.807, 2.05) is 12.1 Å². The average Bonchev–Trinajstić information content (AvgIpc) is 2.37. The van der Waals surface area contributed by atoms with Gasteiger partial charge in [0.2, 0.25) is 0 Å². The van der Waals surface area contributed by atoms with Crippen molar-refractivity contribution in [2.45, 2.75) is 26.7 Å². The fourth-order valence-electron chi connectivity index (χ4n) is 1.75. The van der Waals surface area contributed by atoms with Crippen molar-refractivity contribution < 1.29 is 14.7 Å². The molecule has 1 aromatic rings. The number of hydrogen-bond donors (Lipinski definition) is 1. The smallest absolute Gasteiger partial charge is 0.122 e. The largest absolute Gasteiger partial charge is 0.496 e. The molecule has 4 heteroatoms. The van der Waals surface area contributed by atoms with Gasteiger partial charge in [0.05, 0.1) is 19.9 Å². The molecule has 0 aliphatic heterocycles. The van der Waals surface area contributed by atoms with Crippen LogP contribution >= 0.6 is 0 Å². The Morgan fingerprint density at radius 3 is 2.18 bits per heavy atom. The number of oxime groups is 1. The first-order chi connectivity index (χ1) is 8.15. The fraction of sp³-hybridized carbons (Fsp3) is 0.462. The third kappa shape index (κ3) is 3.12. The molecule has 1 rings (SSSR count). The summed E-state index contributed by atoms with van der Waals surface area (Å²) in [6.45, 7) is 3.83. The van der Waals surface area contributed by atoms with Crippen LogP contribution in [0.15, 0.2) is 17.3 Å². The molecule has 0 atom stereocenters. The zero-order valence-electron chi connectivity index (χ0n) is 10.8. The highest BCUT2D eigenvalue weighted by Gasteiger charge is 2.11. The lowest BCUT2D eigenvalue weighted by Gasteiger charge is -2.13. The van der Waals surface area contributed by atoms with E-state index in [0.29, 0.717) is 12.1 Å². The van der Waals surface area contributed by atoms with Gasteiger partial charge in [-0.25, -0.2) is 0 Å². The number of ether oxygens (including phenoxy) is 2. The van der Waals surface area contributed by atoms with Gasteiger partial charge < -0.3 is 14.7 Å². The number of methoxy groups -OCH3 is 2. The van der Waals surface area contributed by atoms with Crippen molar-refractivity contribution in [3.8, 4) is 11.5 Å². The Morgan fingerprint density at radius 1 is 1.18 bits per heavy atom. The molecule has 0 unspecified atom stereocenters. The Balaban J connectivity index is 3.18. The summed E-state index contributed by atoms with van der Waals surface area (Å²) in [5.74, 6) is 1.64. The second kappa shape index (κ2) is 6.13.